The first-order chi connectivity index (χ1) is 38.5. The van der Waals surface area contributed by atoms with Gasteiger partial charge in [0.25, 0.3) is 0 Å². The van der Waals surface area contributed by atoms with Crippen molar-refractivity contribution >= 4 is 58.2 Å². The van der Waals surface area contributed by atoms with Crippen molar-refractivity contribution in [3.8, 4) is 0 Å². The van der Waals surface area contributed by atoms with Gasteiger partial charge in [-0.05, 0) is 74.1 Å². The number of hydrogen-bond acceptors (Lipinski definition) is 11. The molecule has 0 unspecified atom stereocenters. The number of H-pyrrole nitrogens is 3. The van der Waals surface area contributed by atoms with E-state index in [0.717, 1.165) is 22.0 Å². The fourth-order valence-electron chi connectivity index (χ4n) is 10.3. The molecule has 80 heavy (non-hydrogen) atoms. The summed E-state index contributed by atoms with van der Waals surface area (Å²) in [7, 11) is 0. The van der Waals surface area contributed by atoms with Gasteiger partial charge in [-0.1, -0.05) is 92.7 Å². The van der Waals surface area contributed by atoms with Crippen LogP contribution in [-0.2, 0) is 64.0 Å². The van der Waals surface area contributed by atoms with E-state index in [0.29, 0.717) is 55.7 Å². The molecule has 0 radical (unpaired) electrons. The highest BCUT2D eigenvalue weighted by Gasteiger charge is 2.45. The Labute approximate surface area is 463 Å². The Balaban J connectivity index is 0.898. The number of rotatable bonds is 27. The number of fused-ring (bicyclic) bond motifs is 1. The van der Waals surface area contributed by atoms with Gasteiger partial charge in [0.1, 0.15) is 36.3 Å². The predicted octanol–water partition coefficient (Wildman–Crippen LogP) is 1.73. The molecule has 0 bridgehead atoms. The van der Waals surface area contributed by atoms with Gasteiger partial charge in [0.05, 0.1) is 18.7 Å². The van der Waals surface area contributed by atoms with E-state index in [1.807, 2.05) is 84.9 Å². The van der Waals surface area contributed by atoms with Crippen LogP contribution in [0.25, 0.3) is 10.9 Å². The fraction of sp³-hybridized carbons (Fsp3) is 0.414. The zero-order chi connectivity index (χ0) is 56.9. The lowest BCUT2D eigenvalue weighted by molar-refractivity contribution is -0.138. The highest BCUT2D eigenvalue weighted by molar-refractivity contribution is 5.98. The Bertz CT molecular complexity index is 3080. The van der Waals surface area contributed by atoms with Crippen molar-refractivity contribution < 1.29 is 38.4 Å². The van der Waals surface area contributed by atoms with Gasteiger partial charge in [-0.25, -0.2) is 9.97 Å². The van der Waals surface area contributed by atoms with Gasteiger partial charge < -0.3 is 62.8 Å². The summed E-state index contributed by atoms with van der Waals surface area (Å²) < 4.78 is 0. The summed E-state index contributed by atoms with van der Waals surface area (Å²) in [6, 6.07) is 18.7. The van der Waals surface area contributed by atoms with E-state index >= 15 is 0 Å². The molecule has 10 atom stereocenters. The molecule has 1 aliphatic carbocycles. The second kappa shape index (κ2) is 26.8. The Kier molecular flexibility index (Phi) is 19.3. The number of nitrogens with one attached hydrogen (secondary N) is 10. The van der Waals surface area contributed by atoms with E-state index in [-0.39, 0.29) is 49.0 Å². The van der Waals surface area contributed by atoms with Crippen LogP contribution in [0.2, 0.25) is 0 Å². The number of nitrogens with two attached hydrogens (primary N) is 1. The number of primary amides is 1. The van der Waals surface area contributed by atoms with E-state index in [1.54, 1.807) is 37.3 Å². The maximum absolute atomic E-state index is 14.4. The van der Waals surface area contributed by atoms with Crippen LogP contribution in [0.3, 0.4) is 0 Å². The summed E-state index contributed by atoms with van der Waals surface area (Å²) in [6.07, 6.45) is 10.3. The van der Waals surface area contributed by atoms with Gasteiger partial charge >= 0.3 is 0 Å². The monoisotopic (exact) mass is 1090 g/mol. The molecule has 1 saturated carbocycles. The number of amides is 8. The number of carbonyl (C=O) groups is 8. The lowest BCUT2D eigenvalue weighted by Crippen LogP contribution is -2.60. The van der Waals surface area contributed by atoms with E-state index < -0.39 is 83.7 Å². The van der Waals surface area contributed by atoms with Gasteiger partial charge in [0.15, 0.2) is 0 Å². The zero-order valence-electron chi connectivity index (χ0n) is 45.4. The topological polar surface area (TPSA) is 323 Å². The number of carbonyl (C=O) groups excluding carboxylic acids is 8. The van der Waals surface area contributed by atoms with Crippen LogP contribution in [0, 0.1) is 11.8 Å². The van der Waals surface area contributed by atoms with Crippen LogP contribution in [0.5, 0.6) is 0 Å². The minimum absolute atomic E-state index is 0.00701. The third kappa shape index (κ3) is 15.1. The maximum Gasteiger partial charge on any atom is 0.245 e. The molecule has 3 aromatic carbocycles. The SMILES string of the molecule is CC(C)[C@H](NC(=O)[C@H](C)NC(=O)[C@H](Cc1c[nH]c2ccccc12)NC(=O)[C@H](Cc1cnc[nH]1)NC(=O)[C@@H]1C[C@H]1c1ccccc1)C(=O)N[C@H](C)C(=O)N[C@@H](Cc1cnc[nH]1)C(=O)N1CCC[C@@H]1CN[C@@H](Cc1ccccc1)C(N)=O. The number of nitrogens with zero attached hydrogens (tertiary/aromatic N) is 3. The number of imidazole rings is 2. The van der Waals surface area contributed by atoms with Crippen LogP contribution in [0.15, 0.2) is 116 Å². The average molecular weight is 1090 g/mol. The number of aromatic nitrogens is 5. The van der Waals surface area contributed by atoms with Crippen molar-refractivity contribution in [3.05, 3.63) is 144 Å². The molecule has 8 rings (SSSR count). The lowest BCUT2D eigenvalue weighted by atomic mass is 10.0. The summed E-state index contributed by atoms with van der Waals surface area (Å²) in [5.41, 5.74) is 10.4. The Hall–Kier alpha value is -8.66. The molecule has 6 aromatic rings. The summed E-state index contributed by atoms with van der Waals surface area (Å²) in [5, 5.41) is 20.9. The van der Waals surface area contributed by atoms with E-state index in [4.69, 9.17) is 5.73 Å². The molecule has 2 fully saturated rings. The largest absolute Gasteiger partial charge is 0.368 e. The minimum atomic E-state index is -1.24. The van der Waals surface area contributed by atoms with Gasteiger partial charge in [0, 0.05) is 85.2 Å². The first-order valence-corrected chi connectivity index (χ1v) is 27.3. The molecule has 3 aromatic heterocycles. The van der Waals surface area contributed by atoms with Crippen molar-refractivity contribution in [2.75, 3.05) is 13.1 Å². The highest BCUT2D eigenvalue weighted by Crippen LogP contribution is 2.47. The van der Waals surface area contributed by atoms with Crippen molar-refractivity contribution in [1.82, 2.24) is 67.0 Å². The Morgan fingerprint density at radius 3 is 1.86 bits per heavy atom. The molecule has 4 heterocycles. The smallest absolute Gasteiger partial charge is 0.245 e. The van der Waals surface area contributed by atoms with Crippen LogP contribution in [0.4, 0.5) is 0 Å². The molecule has 22 heteroatoms. The first kappa shape index (κ1) is 57.5. The number of likely N-dealkylation sites (tertiary alicyclic amines) is 1. The third-order valence-corrected chi connectivity index (χ3v) is 14.9. The normalized spacial score (nSPS) is 18.4. The van der Waals surface area contributed by atoms with Gasteiger partial charge in [-0.3, -0.25) is 38.4 Å². The third-order valence-electron chi connectivity index (χ3n) is 14.9. The molecule has 1 aliphatic heterocycles. The molecular formula is C58H72N14O8. The fourth-order valence-corrected chi connectivity index (χ4v) is 10.3. The molecule has 22 nitrogen and oxygen atoms in total. The summed E-state index contributed by atoms with van der Waals surface area (Å²) >= 11 is 0. The maximum atomic E-state index is 14.4. The molecule has 422 valence electrons. The number of para-hydroxylation sites is 1. The average Bonchev–Trinajstić information content (AvgIpc) is 3.98. The van der Waals surface area contributed by atoms with Crippen LogP contribution in [0.1, 0.15) is 81.0 Å². The van der Waals surface area contributed by atoms with Crippen LogP contribution >= 0.6 is 0 Å². The first-order valence-electron chi connectivity index (χ1n) is 27.3. The van der Waals surface area contributed by atoms with Crippen molar-refractivity contribution in [1.29, 1.82) is 0 Å². The van der Waals surface area contributed by atoms with Crippen LogP contribution in [-0.4, -0.2) is 139 Å². The molecule has 2 aliphatic rings. The molecule has 0 spiro atoms. The Morgan fingerprint density at radius 2 is 1.21 bits per heavy atom. The van der Waals surface area contributed by atoms with Gasteiger partial charge in [0.2, 0.25) is 47.3 Å². The number of benzene rings is 3. The number of hydrogen-bond donors (Lipinski definition) is 11. The predicted molar refractivity (Wildman–Crippen MR) is 298 cm³/mol. The lowest BCUT2D eigenvalue weighted by Gasteiger charge is -2.31. The summed E-state index contributed by atoms with van der Waals surface area (Å²) in [5.74, 6) is -5.38. The second-order valence-electron chi connectivity index (χ2n) is 21.2. The molecule has 1 saturated heterocycles. The molecular weight excluding hydrogens is 1020 g/mol. The minimum Gasteiger partial charge on any atom is -0.368 e. The quantitative estimate of drug-likeness (QED) is 0.0353. The van der Waals surface area contributed by atoms with Crippen LogP contribution < -0.4 is 43.0 Å². The van der Waals surface area contributed by atoms with Gasteiger partial charge in [-0.15, -0.1) is 0 Å². The zero-order valence-corrected chi connectivity index (χ0v) is 45.4. The second-order valence-corrected chi connectivity index (χ2v) is 21.2. The molecule has 8 amide bonds. The number of aromatic amines is 3. The van der Waals surface area contributed by atoms with E-state index in [1.165, 1.54) is 26.5 Å². The highest BCUT2D eigenvalue weighted by atomic mass is 16.2. The van der Waals surface area contributed by atoms with Crippen molar-refractivity contribution in [2.24, 2.45) is 17.6 Å². The van der Waals surface area contributed by atoms with Crippen molar-refractivity contribution in [2.45, 2.75) is 127 Å². The van der Waals surface area contributed by atoms with E-state index in [2.05, 4.69) is 62.1 Å². The summed E-state index contributed by atoms with van der Waals surface area (Å²) in [6.45, 7) is 7.05. The van der Waals surface area contributed by atoms with E-state index in [9.17, 15) is 38.4 Å². The summed E-state index contributed by atoms with van der Waals surface area (Å²) in [4.78, 5) is 130. The van der Waals surface area contributed by atoms with Gasteiger partial charge in [-0.2, -0.15) is 0 Å². The van der Waals surface area contributed by atoms with Crippen molar-refractivity contribution in [3.63, 3.8) is 0 Å². The molecule has 12 N–H and O–H groups in total. The Morgan fingerprint density at radius 1 is 0.625 bits per heavy atom. The standard InChI is InChI=1S/C58H72N14O8/c1-33(2)50(57(79)67-34(3)52(74)70-49(25-40-29-61-32-65-40)58(80)72-21-13-18-41(72)30-63-46(51(59)73)22-36-14-7-5-8-15-36)71-53(75)35(4)66-55(77)47(23-38-27-62-45-20-12-11-19-42(38)45)69-56(78)48(24-39-28-60-31-64-39)68-54(76)44-26-43(44)37-16-9-6-10-17-37/h5-12,14-17,19-20,27-29,31-35,41,43-44,46-50,62-63H,13,18,21-26,30H2,1-4H3,(H2,59,73)(H,60,64)(H,61,65)(H,66,77)(H,67,79)(H,68,76)(H,69,78)(H,70,74)(H,71,75)/t34-,35+,41-,43+,44-,46+,47+,48+,49+,50+/m1/s1.